The zero-order valence-electron chi connectivity index (χ0n) is 38.5. The number of hydrogen-bond donors (Lipinski definition) is 7. The predicted molar refractivity (Wildman–Crippen MR) is 276 cm³/mol. The van der Waals surface area contributed by atoms with E-state index in [1.807, 2.05) is 4.90 Å². The van der Waals surface area contributed by atoms with Gasteiger partial charge in [-0.25, -0.2) is 28.9 Å². The van der Waals surface area contributed by atoms with Crippen molar-refractivity contribution in [3.63, 3.8) is 0 Å². The van der Waals surface area contributed by atoms with Crippen LogP contribution in [0.4, 0.5) is 46.3 Å². The van der Waals surface area contributed by atoms with Crippen LogP contribution in [0.2, 0.25) is 0 Å². The number of benzene rings is 5. The molecule has 0 amide bonds. The van der Waals surface area contributed by atoms with Gasteiger partial charge in [0.05, 0.1) is 91.4 Å². The Labute approximate surface area is 437 Å². The summed E-state index contributed by atoms with van der Waals surface area (Å²) in [5.41, 5.74) is 1.19. The first-order valence-corrected chi connectivity index (χ1v) is 26.7. The molecule has 386 valence electrons. The number of aromatic nitrogens is 5. The third kappa shape index (κ3) is 9.68. The largest absolute Gasteiger partial charge is 0.378 e. The number of para-hydroxylation sites is 1. The van der Waals surface area contributed by atoms with Crippen LogP contribution in [0, 0.1) is 0 Å². The van der Waals surface area contributed by atoms with Crippen LogP contribution in [-0.4, -0.2) is 94.3 Å². The summed E-state index contributed by atoms with van der Waals surface area (Å²) >= 11 is 1.11. The van der Waals surface area contributed by atoms with E-state index < -0.39 is 36.4 Å². The number of rotatable bonds is 16. The molecular formula is C47H35N11O14S4. The summed E-state index contributed by atoms with van der Waals surface area (Å²) in [5.74, 6) is -0.521. The Bertz CT molecular complexity index is 3980. The molecule has 76 heavy (non-hydrogen) atoms. The second-order valence-electron chi connectivity index (χ2n) is 16.4. The van der Waals surface area contributed by atoms with Gasteiger partial charge in [0.15, 0.2) is 11.6 Å². The molecule has 25 nitrogen and oxygen atoms in total. The van der Waals surface area contributed by atoms with Crippen molar-refractivity contribution in [2.75, 3.05) is 47.2 Å². The van der Waals surface area contributed by atoms with Gasteiger partial charge >= 0.3 is 0 Å². The molecule has 3 aliphatic rings. The molecule has 5 aromatic carbocycles. The van der Waals surface area contributed by atoms with Gasteiger partial charge in [-0.05, 0) is 78.4 Å². The molecule has 3 aromatic heterocycles. The molecule has 0 spiro atoms. The molecular weight excluding hydrogens is 1070 g/mol. The number of sulfonamides is 1. The zero-order valence-corrected chi connectivity index (χ0v) is 41.7. The van der Waals surface area contributed by atoms with E-state index in [-0.39, 0.29) is 95.2 Å². The lowest BCUT2D eigenvalue weighted by atomic mass is 9.81. The SMILES string of the molecule is O=C1c2ccccc2-c2c(C3=Nc4ccccc4S(=O)(=O)N3)c(=O)n(-c3ccccn3)c3ccc(Nc4cc(Nc5nc(Nc6cc(S(=O)(=O)O)ccc6SOOO)nc(N6CCOCC6)n5)ccc4SOOO)c1c23. The fraction of sp³-hybridized carbons (Fsp3) is 0.0851. The molecule has 5 heterocycles. The molecule has 2 aliphatic heterocycles. The number of anilines is 7. The number of fused-ring (bicyclic) bond motifs is 3. The minimum atomic E-state index is -4.69. The van der Waals surface area contributed by atoms with Crippen molar-refractivity contribution in [1.82, 2.24) is 29.2 Å². The number of nitrogens with zero attached hydrogens (tertiary/aromatic N) is 7. The first-order valence-electron chi connectivity index (χ1n) is 22.3. The fourth-order valence-electron chi connectivity index (χ4n) is 8.77. The summed E-state index contributed by atoms with van der Waals surface area (Å²) < 4.78 is 80.7. The number of pyridine rings is 2. The Morgan fingerprint density at radius 2 is 1.39 bits per heavy atom. The van der Waals surface area contributed by atoms with Gasteiger partial charge in [0.25, 0.3) is 25.7 Å². The molecule has 1 saturated heterocycles. The third-order valence-corrected chi connectivity index (χ3v) is 15.5. The first-order chi connectivity index (χ1) is 36.8. The van der Waals surface area contributed by atoms with E-state index in [4.69, 9.17) is 14.3 Å². The second-order valence-corrected chi connectivity index (χ2v) is 21.0. The quantitative estimate of drug-likeness (QED) is 0.0215. The number of carbonyl (C=O) groups is 1. The number of hydrogen-bond acceptors (Lipinski definition) is 24. The lowest BCUT2D eigenvalue weighted by molar-refractivity contribution is -0.432. The van der Waals surface area contributed by atoms with Crippen molar-refractivity contribution in [1.29, 1.82) is 0 Å². The van der Waals surface area contributed by atoms with Crippen LogP contribution >= 0.6 is 24.1 Å². The topological polar surface area (TPSA) is 329 Å². The van der Waals surface area contributed by atoms with Crippen molar-refractivity contribution in [3.05, 3.63) is 149 Å². The highest BCUT2D eigenvalue weighted by Gasteiger charge is 2.37. The van der Waals surface area contributed by atoms with Crippen LogP contribution < -0.4 is 31.1 Å². The highest BCUT2D eigenvalue weighted by atomic mass is 32.2. The van der Waals surface area contributed by atoms with Crippen LogP contribution in [0.15, 0.2) is 151 Å². The fourth-order valence-corrected chi connectivity index (χ4v) is 11.3. The highest BCUT2D eigenvalue weighted by Crippen LogP contribution is 2.46. The molecule has 29 heteroatoms. The van der Waals surface area contributed by atoms with Crippen molar-refractivity contribution in [3.8, 4) is 16.9 Å². The minimum absolute atomic E-state index is 0.0170. The molecule has 0 atom stereocenters. The molecule has 0 bridgehead atoms. The van der Waals surface area contributed by atoms with E-state index in [0.717, 1.165) is 12.1 Å². The standard InChI is InChI=1S/C47H35N11O14S4/c59-42-28-8-2-1-7-27(28)38-40-33(58(37-11-5-6-18-48-37)44(60)41(38)43-51-29-9-3-4-10-36(29)75(63,64)56-43)15-14-30(39(40)42)50-31-23-25(12-16-34(31)73-71-69-61)49-45-53-46(55-47(54-45)57-19-21-68-22-20-57)52-32-24-26(76(65,66)67)13-17-35(32)74-72-70-62/h1-18,23-24,50,61-62H,19-22H2,(H,51,56)(H,65,66,67)(H2,49,52,53,54,55). The lowest BCUT2D eigenvalue weighted by Gasteiger charge is -2.28. The van der Waals surface area contributed by atoms with Crippen molar-refractivity contribution in [2.45, 2.75) is 19.6 Å². The number of nitrogens with one attached hydrogen (secondary N) is 4. The number of aliphatic imine (C=N–C) groups is 1. The summed E-state index contributed by atoms with van der Waals surface area (Å²) in [6, 6.07) is 29.2. The van der Waals surface area contributed by atoms with E-state index in [2.05, 4.69) is 60.0 Å². The molecule has 8 aromatic rings. The maximum atomic E-state index is 15.2. The Morgan fingerprint density at radius 1 is 0.711 bits per heavy atom. The summed E-state index contributed by atoms with van der Waals surface area (Å²) in [7, 11) is -8.95. The predicted octanol–water partition coefficient (Wildman–Crippen LogP) is 7.32. The zero-order chi connectivity index (χ0) is 52.7. The normalized spacial score (nSPS) is 14.6. The third-order valence-electron chi connectivity index (χ3n) is 12.0. The van der Waals surface area contributed by atoms with Crippen LogP contribution in [0.3, 0.4) is 0 Å². The minimum Gasteiger partial charge on any atom is -0.378 e. The molecule has 11 rings (SSSR count). The Balaban J connectivity index is 1.06. The highest BCUT2D eigenvalue weighted by molar-refractivity contribution is 7.95. The molecule has 1 fully saturated rings. The molecule has 7 N–H and O–H groups in total. The molecule has 0 saturated carbocycles. The lowest BCUT2D eigenvalue weighted by Crippen LogP contribution is -2.40. The van der Waals surface area contributed by atoms with Gasteiger partial charge in [0.1, 0.15) is 10.7 Å². The van der Waals surface area contributed by atoms with Gasteiger partial charge < -0.3 is 25.6 Å². The van der Waals surface area contributed by atoms with Gasteiger partial charge in [-0.1, -0.05) is 52.5 Å². The molecule has 1 aliphatic carbocycles. The Hall–Kier alpha value is -7.91. The maximum Gasteiger partial charge on any atom is 0.294 e. The first kappa shape index (κ1) is 50.3. The van der Waals surface area contributed by atoms with Crippen molar-refractivity contribution in [2.24, 2.45) is 4.99 Å². The number of carbonyl (C=O) groups excluding carboxylic acids is 1. The van der Waals surface area contributed by atoms with Gasteiger partial charge in [0.2, 0.25) is 17.8 Å². The second kappa shape index (κ2) is 20.7. The maximum absolute atomic E-state index is 15.2. The average Bonchev–Trinajstić information content (AvgIpc) is 3.45. The van der Waals surface area contributed by atoms with Gasteiger partial charge in [-0.3, -0.25) is 23.4 Å². The number of ketones is 1. The number of ether oxygens (including phenoxy) is 1. The smallest absolute Gasteiger partial charge is 0.294 e. The van der Waals surface area contributed by atoms with E-state index in [0.29, 0.717) is 66.5 Å². The van der Waals surface area contributed by atoms with E-state index in [1.54, 1.807) is 84.9 Å². The van der Waals surface area contributed by atoms with Crippen LogP contribution in [0.25, 0.3) is 27.8 Å². The van der Waals surface area contributed by atoms with Crippen molar-refractivity contribution < 1.29 is 60.2 Å². The summed E-state index contributed by atoms with van der Waals surface area (Å²) in [6.07, 6.45) is 1.49. The Morgan fingerprint density at radius 3 is 2.12 bits per heavy atom. The van der Waals surface area contributed by atoms with Gasteiger partial charge in [0, 0.05) is 41.5 Å². The van der Waals surface area contributed by atoms with Gasteiger partial charge in [-0.15, -0.1) is 8.67 Å². The monoisotopic (exact) mass is 1110 g/mol. The molecule has 0 radical (unpaired) electrons. The summed E-state index contributed by atoms with van der Waals surface area (Å²) in [4.78, 5) is 55.1. The van der Waals surface area contributed by atoms with Crippen molar-refractivity contribution >= 4 is 113 Å². The average molecular weight is 1110 g/mol. The van der Waals surface area contributed by atoms with Crippen LogP contribution in [0.5, 0.6) is 0 Å². The van der Waals surface area contributed by atoms with E-state index in [1.165, 1.54) is 29.0 Å². The van der Waals surface area contributed by atoms with Gasteiger partial charge in [-0.2, -0.15) is 23.4 Å². The number of morpholine rings is 1. The number of amidine groups is 1. The van der Waals surface area contributed by atoms with E-state index >= 15 is 9.59 Å². The molecule has 0 unspecified atom stereocenters. The van der Waals surface area contributed by atoms with Crippen LogP contribution in [0.1, 0.15) is 21.5 Å². The van der Waals surface area contributed by atoms with E-state index in [9.17, 15) is 26.6 Å². The Kier molecular flexibility index (Phi) is 13.7. The summed E-state index contributed by atoms with van der Waals surface area (Å²) in [5, 5.41) is 35.5. The summed E-state index contributed by atoms with van der Waals surface area (Å²) in [6.45, 7) is 1.51. The van der Waals surface area contributed by atoms with Crippen LogP contribution in [-0.2, 0) is 43.6 Å².